The van der Waals surface area contributed by atoms with Crippen molar-refractivity contribution in [3.8, 4) is 17.2 Å². The first-order chi connectivity index (χ1) is 13.5. The maximum Gasteiger partial charge on any atom is 0.235 e. The van der Waals surface area contributed by atoms with Crippen molar-refractivity contribution in [3.63, 3.8) is 0 Å². The van der Waals surface area contributed by atoms with Gasteiger partial charge in [-0.25, -0.2) is 0 Å². The van der Waals surface area contributed by atoms with Crippen molar-refractivity contribution in [1.29, 1.82) is 0 Å². The fourth-order valence-corrected chi connectivity index (χ4v) is 2.39. The van der Waals surface area contributed by atoms with Crippen molar-refractivity contribution in [2.75, 3.05) is 39.0 Å². The smallest absolute Gasteiger partial charge is 0.235 e. The average Bonchev–Trinajstić information content (AvgIpc) is 2.74. The van der Waals surface area contributed by atoms with Crippen LogP contribution in [0.25, 0.3) is 0 Å². The minimum atomic E-state index is -0.205. The summed E-state index contributed by atoms with van der Waals surface area (Å²) in [4.78, 5) is 21.8. The summed E-state index contributed by atoms with van der Waals surface area (Å²) in [6, 6.07) is 10.7. The zero-order chi connectivity index (χ0) is 20.9. The summed E-state index contributed by atoms with van der Waals surface area (Å²) in [7, 11) is 6.73. The molecule has 0 fully saturated rings. The molecule has 0 unspecified atom stereocenters. The lowest BCUT2D eigenvalue weighted by Crippen LogP contribution is -2.13. The molecule has 0 radical (unpaired) electrons. The van der Waals surface area contributed by atoms with Crippen LogP contribution in [0.3, 0.4) is 0 Å². The summed E-state index contributed by atoms with van der Waals surface area (Å²) in [5.41, 5.74) is 2.00. The highest BCUT2D eigenvalue weighted by molar-refractivity contribution is 9.09. The van der Waals surface area contributed by atoms with Crippen LogP contribution in [0.15, 0.2) is 36.4 Å². The SMILES string of the molecule is CNCc1ccc(OC)cc1OC.COc1ccc(NC(=O)CBr)c(C=O)c1. The molecule has 2 aromatic rings. The Hall–Kier alpha value is -2.58. The van der Waals surface area contributed by atoms with Gasteiger partial charge < -0.3 is 24.8 Å². The van der Waals surface area contributed by atoms with Crippen molar-refractivity contribution in [2.24, 2.45) is 0 Å². The van der Waals surface area contributed by atoms with Crippen LogP contribution in [0.5, 0.6) is 17.2 Å². The van der Waals surface area contributed by atoms with E-state index in [1.54, 1.807) is 32.4 Å². The number of methoxy groups -OCH3 is 3. The van der Waals surface area contributed by atoms with Crippen molar-refractivity contribution in [2.45, 2.75) is 6.54 Å². The van der Waals surface area contributed by atoms with Gasteiger partial charge in [-0.2, -0.15) is 0 Å². The molecule has 152 valence electrons. The highest BCUT2D eigenvalue weighted by Gasteiger charge is 2.06. The van der Waals surface area contributed by atoms with Gasteiger partial charge in [0.1, 0.15) is 17.2 Å². The monoisotopic (exact) mass is 452 g/mol. The summed E-state index contributed by atoms with van der Waals surface area (Å²) in [6.45, 7) is 0.799. The van der Waals surface area contributed by atoms with Gasteiger partial charge in [0, 0.05) is 23.7 Å². The third-order valence-electron chi connectivity index (χ3n) is 3.64. The Morgan fingerprint density at radius 2 is 1.68 bits per heavy atom. The number of alkyl halides is 1. The highest BCUT2D eigenvalue weighted by atomic mass is 79.9. The van der Waals surface area contributed by atoms with Gasteiger partial charge in [0.15, 0.2) is 6.29 Å². The molecular formula is C20H25BrN2O5. The minimum Gasteiger partial charge on any atom is -0.497 e. The lowest BCUT2D eigenvalue weighted by atomic mass is 10.2. The van der Waals surface area contributed by atoms with Crippen LogP contribution in [0.4, 0.5) is 5.69 Å². The number of carbonyl (C=O) groups excluding carboxylic acids is 2. The molecule has 2 aromatic carbocycles. The van der Waals surface area contributed by atoms with Gasteiger partial charge in [0.25, 0.3) is 0 Å². The van der Waals surface area contributed by atoms with Gasteiger partial charge in [-0.15, -0.1) is 0 Å². The second kappa shape index (κ2) is 12.7. The molecule has 0 bridgehead atoms. The molecule has 7 nitrogen and oxygen atoms in total. The number of rotatable bonds is 8. The molecular weight excluding hydrogens is 428 g/mol. The van der Waals surface area contributed by atoms with Crippen LogP contribution < -0.4 is 24.8 Å². The topological polar surface area (TPSA) is 85.9 Å². The van der Waals surface area contributed by atoms with Gasteiger partial charge in [-0.05, 0) is 31.3 Å². The van der Waals surface area contributed by atoms with Gasteiger partial charge >= 0.3 is 0 Å². The average molecular weight is 453 g/mol. The van der Waals surface area contributed by atoms with E-state index in [9.17, 15) is 9.59 Å². The molecule has 0 saturated heterocycles. The fraction of sp³-hybridized carbons (Fsp3) is 0.300. The maximum atomic E-state index is 11.1. The van der Waals surface area contributed by atoms with E-state index in [1.807, 2.05) is 25.2 Å². The van der Waals surface area contributed by atoms with E-state index in [2.05, 4.69) is 26.6 Å². The summed E-state index contributed by atoms with van der Waals surface area (Å²) in [6.07, 6.45) is 0.673. The quantitative estimate of drug-likeness (QED) is 0.472. The zero-order valence-electron chi connectivity index (χ0n) is 16.4. The number of halogens is 1. The second-order valence-corrected chi connectivity index (χ2v) is 6.02. The summed E-state index contributed by atoms with van der Waals surface area (Å²) in [5, 5.41) is 5.86. The third-order valence-corrected chi connectivity index (χ3v) is 4.15. The highest BCUT2D eigenvalue weighted by Crippen LogP contribution is 2.24. The Morgan fingerprint density at radius 3 is 2.21 bits per heavy atom. The molecule has 2 N–H and O–H groups in total. The zero-order valence-corrected chi connectivity index (χ0v) is 18.0. The van der Waals surface area contributed by atoms with Crippen LogP contribution in [-0.2, 0) is 11.3 Å². The lowest BCUT2D eigenvalue weighted by Gasteiger charge is -2.09. The number of anilines is 1. The van der Waals surface area contributed by atoms with E-state index in [4.69, 9.17) is 14.2 Å². The largest absolute Gasteiger partial charge is 0.497 e. The Morgan fingerprint density at radius 1 is 1.04 bits per heavy atom. The molecule has 0 aliphatic heterocycles. The van der Waals surface area contributed by atoms with Gasteiger partial charge in [-0.1, -0.05) is 22.0 Å². The van der Waals surface area contributed by atoms with Crippen LogP contribution in [0.2, 0.25) is 0 Å². The summed E-state index contributed by atoms with van der Waals surface area (Å²) in [5.74, 6) is 2.04. The Labute approximate surface area is 173 Å². The number of hydrogen-bond acceptors (Lipinski definition) is 6. The molecule has 0 heterocycles. The number of carbonyl (C=O) groups is 2. The minimum absolute atomic E-state index is 0.192. The van der Waals surface area contributed by atoms with Crippen LogP contribution >= 0.6 is 15.9 Å². The summed E-state index contributed by atoms with van der Waals surface area (Å²) < 4.78 is 15.3. The van der Waals surface area contributed by atoms with Crippen LogP contribution in [-0.4, -0.2) is 45.9 Å². The number of nitrogens with one attached hydrogen (secondary N) is 2. The number of aldehydes is 1. The van der Waals surface area contributed by atoms with Gasteiger partial charge in [-0.3, -0.25) is 9.59 Å². The molecule has 0 aliphatic rings. The predicted octanol–water partition coefficient (Wildman–Crippen LogP) is 3.26. The molecule has 0 aliphatic carbocycles. The van der Waals surface area contributed by atoms with Crippen LogP contribution in [0, 0.1) is 0 Å². The second-order valence-electron chi connectivity index (χ2n) is 5.46. The molecule has 28 heavy (non-hydrogen) atoms. The van der Waals surface area contributed by atoms with Crippen molar-refractivity contribution in [1.82, 2.24) is 5.32 Å². The lowest BCUT2D eigenvalue weighted by molar-refractivity contribution is -0.113. The normalized spacial score (nSPS) is 9.61. The number of hydrogen-bond donors (Lipinski definition) is 2. The number of amides is 1. The molecule has 0 aromatic heterocycles. The molecule has 0 spiro atoms. The molecule has 0 saturated carbocycles. The van der Waals surface area contributed by atoms with Gasteiger partial charge in [0.2, 0.25) is 5.91 Å². The van der Waals surface area contributed by atoms with E-state index in [1.165, 1.54) is 7.11 Å². The molecule has 0 atom stereocenters. The molecule has 8 heteroatoms. The number of benzene rings is 2. The molecule has 2 rings (SSSR count). The van der Waals surface area contributed by atoms with Crippen molar-refractivity contribution >= 4 is 33.8 Å². The Kier molecular flexibility index (Phi) is 10.7. The molecule has 1 amide bonds. The van der Waals surface area contributed by atoms with E-state index in [0.29, 0.717) is 23.3 Å². The van der Waals surface area contributed by atoms with E-state index in [0.717, 1.165) is 23.6 Å². The first-order valence-corrected chi connectivity index (χ1v) is 9.49. The fourth-order valence-electron chi connectivity index (χ4n) is 2.25. The predicted molar refractivity (Wildman–Crippen MR) is 113 cm³/mol. The van der Waals surface area contributed by atoms with Crippen LogP contribution in [0.1, 0.15) is 15.9 Å². The van der Waals surface area contributed by atoms with Crippen molar-refractivity contribution < 1.29 is 23.8 Å². The maximum absolute atomic E-state index is 11.1. The van der Waals surface area contributed by atoms with E-state index in [-0.39, 0.29) is 11.2 Å². The first-order valence-electron chi connectivity index (χ1n) is 8.37. The van der Waals surface area contributed by atoms with E-state index >= 15 is 0 Å². The summed E-state index contributed by atoms with van der Waals surface area (Å²) >= 11 is 3.02. The Bertz CT molecular complexity index is 783. The Balaban J connectivity index is 0.000000283. The first kappa shape index (κ1) is 23.5. The van der Waals surface area contributed by atoms with Crippen molar-refractivity contribution in [3.05, 3.63) is 47.5 Å². The standard InChI is InChI=1S/C10H10BrNO3.C10H15NO2/c1-15-8-2-3-9(7(4-8)6-13)12-10(14)5-11;1-11-7-8-4-5-9(12-2)6-10(8)13-3/h2-4,6H,5H2,1H3,(H,12,14);4-6,11H,7H2,1-3H3. The van der Waals surface area contributed by atoms with Gasteiger partial charge in [0.05, 0.1) is 32.3 Å². The van der Waals surface area contributed by atoms with E-state index < -0.39 is 0 Å². The number of ether oxygens (including phenoxy) is 3. The third kappa shape index (κ3) is 7.21.